The van der Waals surface area contributed by atoms with E-state index in [-0.39, 0.29) is 56.5 Å². The van der Waals surface area contributed by atoms with Crippen molar-refractivity contribution >= 4 is 57.5 Å². The first-order valence-corrected chi connectivity index (χ1v) is 25.8. The van der Waals surface area contributed by atoms with Gasteiger partial charge in [-0.1, -0.05) is 215 Å². The Morgan fingerprint density at radius 3 is 1.35 bits per heavy atom. The van der Waals surface area contributed by atoms with Crippen molar-refractivity contribution in [1.29, 1.82) is 0 Å². The summed E-state index contributed by atoms with van der Waals surface area (Å²) in [6, 6.07) is 67.3. The van der Waals surface area contributed by atoms with Crippen molar-refractivity contribution in [3.05, 3.63) is 257 Å². The third-order valence-corrected chi connectivity index (χ3v) is 18.7. The quantitative estimate of drug-likeness (QED) is 0.121. The van der Waals surface area contributed by atoms with Crippen LogP contribution < -0.4 is 32.1 Å². The van der Waals surface area contributed by atoms with Crippen LogP contribution in [-0.2, 0) is 14.5 Å². The van der Waals surface area contributed by atoms with E-state index in [1.54, 1.807) is 42.5 Å². The van der Waals surface area contributed by atoms with Gasteiger partial charge in [-0.3, -0.25) is 14.2 Å². The minimum atomic E-state index is -5.32. The van der Waals surface area contributed by atoms with Crippen LogP contribution in [0.4, 0.5) is 13.2 Å². The maximum Gasteiger partial charge on any atom is 0.455 e. The standard InChI is InChI=1S/C26H18F3NO3.C18H15OP.C15H15OP.Gd/c1-25(2)18-11-7-6-10-15(18)16-12-17-20(13-19(16)25)30(14-8-4-3-5-9-14)24(33)21(22(17)31)23(32)26(27,28)29;19-20(16-10-4-1-5-11-16,17-12-6-2-7-13-17)18-14-8-3-9-15-18;1-13(2)17(16,14-9-5-3-6-10-14)15-11-7-4-8-12-15;/h3-13,31H,1-2H3;1-15H;3-12H,1H2,2H3;. The molecule has 0 atom stereocenters. The molecule has 0 spiro atoms. The molecule has 1 heterocycles. The van der Waals surface area contributed by atoms with Crippen molar-refractivity contribution in [2.45, 2.75) is 32.4 Å². The van der Waals surface area contributed by atoms with Crippen molar-refractivity contribution in [3.63, 3.8) is 0 Å². The smallest absolute Gasteiger partial charge is 0.455 e. The summed E-state index contributed by atoms with van der Waals surface area (Å²) in [5, 5.41) is 15.8. The molecular weight excluding hydrogens is 1080 g/mol. The van der Waals surface area contributed by atoms with Gasteiger partial charge in [0.05, 0.1) is 5.52 Å². The van der Waals surface area contributed by atoms with Crippen molar-refractivity contribution < 1.29 is 72.1 Å². The molecule has 0 aliphatic heterocycles. The van der Waals surface area contributed by atoms with Crippen LogP contribution in [-0.4, -0.2) is 21.6 Å². The van der Waals surface area contributed by atoms with Gasteiger partial charge in [-0.25, -0.2) is 0 Å². The number of hydrogen-bond acceptors (Lipinski definition) is 5. The molecule has 358 valence electrons. The maximum absolute atomic E-state index is 13.8. The van der Waals surface area contributed by atoms with Gasteiger partial charge in [0.1, 0.15) is 11.3 Å². The van der Waals surface area contributed by atoms with Crippen molar-refractivity contribution in [2.24, 2.45) is 0 Å². The van der Waals surface area contributed by atoms with Crippen LogP contribution in [0, 0.1) is 39.9 Å². The van der Waals surface area contributed by atoms with Crippen LogP contribution in [0.3, 0.4) is 0 Å². The molecule has 0 unspecified atom stereocenters. The van der Waals surface area contributed by atoms with Crippen LogP contribution in [0.25, 0.3) is 27.7 Å². The number of aromatic hydroxyl groups is 1. The number of pyridine rings is 1. The topological polar surface area (TPSA) is 93.4 Å². The van der Waals surface area contributed by atoms with E-state index in [2.05, 4.69) is 6.58 Å². The number of alkyl halides is 3. The summed E-state index contributed by atoms with van der Waals surface area (Å²) in [7, 11) is -5.47. The molecule has 0 radical (unpaired) electrons. The monoisotopic (exact) mass is 1130 g/mol. The molecule has 1 N–H and O–H groups in total. The van der Waals surface area contributed by atoms with Crippen molar-refractivity contribution in [3.8, 4) is 22.6 Å². The predicted octanol–water partition coefficient (Wildman–Crippen LogP) is 12.6. The van der Waals surface area contributed by atoms with E-state index in [0.717, 1.165) is 58.7 Å². The molecule has 1 aliphatic rings. The summed E-state index contributed by atoms with van der Waals surface area (Å²) in [4.78, 5) is 25.4. The van der Waals surface area contributed by atoms with Gasteiger partial charge in [0.15, 0.2) is 14.3 Å². The minimum Gasteiger partial charge on any atom is -0.506 e. The number of allylic oxidation sites excluding steroid dienone is 1. The van der Waals surface area contributed by atoms with E-state index in [9.17, 15) is 37.0 Å². The molecule has 12 heteroatoms. The fourth-order valence-corrected chi connectivity index (χ4v) is 14.0. The van der Waals surface area contributed by atoms with Crippen LogP contribution in [0.5, 0.6) is 5.75 Å². The molecule has 8 aromatic carbocycles. The first-order valence-electron chi connectivity index (χ1n) is 22.4. The second-order valence-electron chi connectivity index (χ2n) is 17.2. The molecule has 1 aromatic heterocycles. The van der Waals surface area contributed by atoms with Gasteiger partial charge in [0.2, 0.25) is 0 Å². The number of nitrogens with zero attached hydrogens (tertiary/aromatic N) is 1. The zero-order chi connectivity index (χ0) is 49.8. The largest absolute Gasteiger partial charge is 0.506 e. The Kier molecular flexibility index (Phi) is 16.0. The number of carbonyl (C=O) groups excluding carboxylic acids is 1. The van der Waals surface area contributed by atoms with Crippen LogP contribution in [0.2, 0.25) is 0 Å². The average molecular weight is 1130 g/mol. The Balaban J connectivity index is 0.000000167. The summed E-state index contributed by atoms with van der Waals surface area (Å²) in [5.74, 6) is -3.34. The molecule has 0 bridgehead atoms. The van der Waals surface area contributed by atoms with Gasteiger partial charge in [-0.2, -0.15) is 13.2 Å². The summed E-state index contributed by atoms with van der Waals surface area (Å²) < 4.78 is 68.1. The fourth-order valence-electron chi connectivity index (χ4n) is 8.97. The molecule has 0 amide bonds. The molecular formula is C59H48F3GdNO5P2. The Bertz CT molecular complexity index is 3370. The van der Waals surface area contributed by atoms with Gasteiger partial charge in [0.25, 0.3) is 11.3 Å². The van der Waals surface area contributed by atoms with Crippen LogP contribution in [0.1, 0.15) is 42.3 Å². The summed E-state index contributed by atoms with van der Waals surface area (Å²) in [6.07, 6.45) is -5.32. The second-order valence-corrected chi connectivity index (χ2v) is 23.0. The number of Topliss-reactive ketones (excluding diaryl/α,β-unsaturated/α-hetero) is 1. The molecule has 6 nitrogen and oxygen atoms in total. The Morgan fingerprint density at radius 2 is 0.944 bits per heavy atom. The number of carbonyl (C=O) groups is 1. The van der Waals surface area contributed by atoms with E-state index >= 15 is 0 Å². The predicted molar refractivity (Wildman–Crippen MR) is 280 cm³/mol. The van der Waals surface area contributed by atoms with Gasteiger partial charge in [0, 0.05) is 83.0 Å². The minimum absolute atomic E-state index is 0. The number of aromatic nitrogens is 1. The number of benzene rings is 8. The Morgan fingerprint density at radius 1 is 0.563 bits per heavy atom. The molecule has 0 fully saturated rings. The van der Waals surface area contributed by atoms with Gasteiger partial charge >= 0.3 is 6.18 Å². The van der Waals surface area contributed by atoms with Crippen LogP contribution >= 0.6 is 14.3 Å². The van der Waals surface area contributed by atoms with Gasteiger partial charge in [-0.15, -0.1) is 0 Å². The molecule has 0 saturated carbocycles. The second kappa shape index (κ2) is 21.6. The zero-order valence-corrected chi connectivity index (χ0v) is 43.0. The fraction of sp³-hybridized carbons (Fsp3) is 0.0847. The molecule has 10 rings (SSSR count). The third kappa shape index (κ3) is 10.2. The Hall–Kier alpha value is -6.25. The van der Waals surface area contributed by atoms with Crippen molar-refractivity contribution in [2.75, 3.05) is 0 Å². The van der Waals surface area contributed by atoms with E-state index in [0.29, 0.717) is 0 Å². The first kappa shape index (κ1) is 52.6. The van der Waals surface area contributed by atoms with Gasteiger partial charge < -0.3 is 14.2 Å². The number of hydrogen-bond donors (Lipinski definition) is 1. The summed E-state index contributed by atoms with van der Waals surface area (Å²) >= 11 is 0. The number of fused-ring (bicyclic) bond motifs is 4. The average Bonchev–Trinajstić information content (AvgIpc) is 3.61. The van der Waals surface area contributed by atoms with Crippen LogP contribution in [0.15, 0.2) is 235 Å². The number of halogens is 3. The Labute approximate surface area is 443 Å². The molecule has 9 aromatic rings. The maximum atomic E-state index is 13.8. The molecule has 0 saturated heterocycles. The normalized spacial score (nSPS) is 12.4. The number of para-hydroxylation sites is 1. The van der Waals surface area contributed by atoms with E-state index < -0.39 is 48.5 Å². The molecule has 1 aliphatic carbocycles. The summed E-state index contributed by atoms with van der Waals surface area (Å²) in [5.41, 5.74) is 1.09. The number of ketones is 1. The zero-order valence-electron chi connectivity index (χ0n) is 38.9. The van der Waals surface area contributed by atoms with E-state index in [4.69, 9.17) is 0 Å². The first-order chi connectivity index (χ1) is 33.5. The van der Waals surface area contributed by atoms with E-state index in [1.165, 1.54) is 0 Å². The SMILES string of the molecule is C=C(C)P(=O)(c1ccccc1)c1ccccc1.CC1(C)c2ccccc2-c2cc3c(O)c(C(=O)C(F)(F)F)c(=O)n(-c4ccccc4)c3cc21.O=P(c1ccccc1)(c1ccccc1)c1ccccc1.[Gd]. The van der Waals surface area contributed by atoms with Gasteiger partial charge in [-0.05, 0) is 58.8 Å². The van der Waals surface area contributed by atoms with Crippen molar-refractivity contribution in [1.82, 2.24) is 4.57 Å². The number of rotatable bonds is 8. The van der Waals surface area contributed by atoms with E-state index in [1.807, 2.05) is 197 Å². The third-order valence-electron chi connectivity index (χ3n) is 12.5. The summed E-state index contributed by atoms with van der Waals surface area (Å²) in [6.45, 7) is 9.80. The molecule has 71 heavy (non-hydrogen) atoms.